The molecule has 120 valence electrons. The summed E-state index contributed by atoms with van der Waals surface area (Å²) in [5, 5.41) is 3.72. The van der Waals surface area contributed by atoms with Crippen LogP contribution in [0.25, 0.3) is 11.0 Å². The summed E-state index contributed by atoms with van der Waals surface area (Å²) in [6.07, 6.45) is 1.45. The minimum absolute atomic E-state index is 0.121. The standard InChI is InChI=1S/C19H16N2O3/c22-18-9-4-10-21(18)15-7-3-6-14(12-15)20-19(23)17-11-13-5-1-2-8-16(13)24-17/h1-3,5-8,11-12H,4,9-10H2,(H,20,23). The Balaban J connectivity index is 1.56. The maximum Gasteiger partial charge on any atom is 0.291 e. The molecule has 1 aromatic heterocycles. The number of carbonyl (C=O) groups is 2. The Morgan fingerprint density at radius 3 is 2.75 bits per heavy atom. The number of anilines is 2. The molecule has 0 bridgehead atoms. The van der Waals surface area contributed by atoms with E-state index in [2.05, 4.69) is 5.32 Å². The van der Waals surface area contributed by atoms with Crippen LogP contribution in [0.15, 0.2) is 59.0 Å². The zero-order chi connectivity index (χ0) is 16.5. The van der Waals surface area contributed by atoms with E-state index in [1.165, 1.54) is 0 Å². The number of carbonyl (C=O) groups excluding carboxylic acids is 2. The van der Waals surface area contributed by atoms with Gasteiger partial charge in [0.25, 0.3) is 5.91 Å². The lowest BCUT2D eigenvalue weighted by molar-refractivity contribution is -0.117. The average molecular weight is 320 g/mol. The summed E-state index contributed by atoms with van der Waals surface area (Å²) in [7, 11) is 0. The molecule has 1 aliphatic heterocycles. The first-order chi connectivity index (χ1) is 11.7. The van der Waals surface area contributed by atoms with Crippen LogP contribution in [0.4, 0.5) is 11.4 Å². The van der Waals surface area contributed by atoms with Crippen molar-refractivity contribution in [3.05, 3.63) is 60.4 Å². The lowest BCUT2D eigenvalue weighted by atomic mass is 10.2. The predicted molar refractivity (Wildman–Crippen MR) is 92.2 cm³/mol. The Hall–Kier alpha value is -3.08. The van der Waals surface area contributed by atoms with Gasteiger partial charge >= 0.3 is 0 Å². The molecule has 1 aliphatic rings. The Morgan fingerprint density at radius 1 is 1.08 bits per heavy atom. The molecule has 0 unspecified atom stereocenters. The lowest BCUT2D eigenvalue weighted by Gasteiger charge is -2.16. The molecule has 0 atom stereocenters. The summed E-state index contributed by atoms with van der Waals surface area (Å²) in [6, 6.07) is 16.5. The summed E-state index contributed by atoms with van der Waals surface area (Å²) >= 11 is 0. The predicted octanol–water partition coefficient (Wildman–Crippen LogP) is 3.81. The van der Waals surface area contributed by atoms with Crippen LogP contribution in [-0.4, -0.2) is 18.4 Å². The van der Waals surface area contributed by atoms with E-state index in [1.54, 1.807) is 17.0 Å². The van der Waals surface area contributed by atoms with Gasteiger partial charge in [0.05, 0.1) is 0 Å². The van der Waals surface area contributed by atoms with Crippen LogP contribution in [-0.2, 0) is 4.79 Å². The topological polar surface area (TPSA) is 62.6 Å². The molecule has 5 heteroatoms. The highest BCUT2D eigenvalue weighted by molar-refractivity contribution is 6.05. The zero-order valence-corrected chi connectivity index (χ0v) is 13.0. The minimum Gasteiger partial charge on any atom is -0.451 e. The molecule has 4 rings (SSSR count). The van der Waals surface area contributed by atoms with E-state index in [4.69, 9.17) is 4.42 Å². The number of rotatable bonds is 3. The fourth-order valence-corrected chi connectivity index (χ4v) is 2.96. The number of nitrogens with zero attached hydrogens (tertiary/aromatic N) is 1. The summed E-state index contributed by atoms with van der Waals surface area (Å²) in [5.74, 6) is 0.0747. The molecule has 2 amide bonds. The molecule has 2 heterocycles. The van der Waals surface area contributed by atoms with Crippen LogP contribution in [0.5, 0.6) is 0 Å². The van der Waals surface area contributed by atoms with Crippen LogP contribution < -0.4 is 10.2 Å². The van der Waals surface area contributed by atoms with Gasteiger partial charge in [-0.2, -0.15) is 0 Å². The second-order valence-corrected chi connectivity index (χ2v) is 5.80. The number of furan rings is 1. The highest BCUT2D eigenvalue weighted by Gasteiger charge is 2.22. The number of hydrogen-bond donors (Lipinski definition) is 1. The van der Waals surface area contributed by atoms with Crippen LogP contribution >= 0.6 is 0 Å². The van der Waals surface area contributed by atoms with Gasteiger partial charge < -0.3 is 14.6 Å². The second kappa shape index (κ2) is 5.85. The number of fused-ring (bicyclic) bond motifs is 1. The van der Waals surface area contributed by atoms with E-state index in [9.17, 15) is 9.59 Å². The molecular formula is C19H16N2O3. The van der Waals surface area contributed by atoms with Crippen molar-refractivity contribution in [1.82, 2.24) is 0 Å². The van der Waals surface area contributed by atoms with E-state index >= 15 is 0 Å². The highest BCUT2D eigenvalue weighted by Crippen LogP contribution is 2.25. The molecule has 24 heavy (non-hydrogen) atoms. The molecule has 3 aromatic rings. The number of hydrogen-bond acceptors (Lipinski definition) is 3. The van der Waals surface area contributed by atoms with Crippen molar-refractivity contribution in [2.24, 2.45) is 0 Å². The van der Waals surface area contributed by atoms with Crippen molar-refractivity contribution >= 4 is 34.2 Å². The number of nitrogens with one attached hydrogen (secondary N) is 1. The molecule has 0 radical (unpaired) electrons. The van der Waals surface area contributed by atoms with E-state index in [0.29, 0.717) is 17.7 Å². The third-order valence-corrected chi connectivity index (χ3v) is 4.14. The fourth-order valence-electron chi connectivity index (χ4n) is 2.96. The van der Waals surface area contributed by atoms with Gasteiger partial charge in [0.1, 0.15) is 5.58 Å². The number of benzene rings is 2. The Morgan fingerprint density at radius 2 is 1.96 bits per heavy atom. The van der Waals surface area contributed by atoms with Gasteiger partial charge in [-0.15, -0.1) is 0 Å². The Kier molecular flexibility index (Phi) is 3.54. The van der Waals surface area contributed by atoms with E-state index in [-0.39, 0.29) is 17.6 Å². The van der Waals surface area contributed by atoms with E-state index in [1.807, 2.05) is 42.5 Å². The summed E-state index contributed by atoms with van der Waals surface area (Å²) in [4.78, 5) is 26.0. The SMILES string of the molecule is O=C(Nc1cccc(N2CCCC2=O)c1)c1cc2ccccc2o1. The molecule has 2 aromatic carbocycles. The minimum atomic E-state index is -0.309. The Labute approximate surface area is 138 Å². The summed E-state index contributed by atoms with van der Waals surface area (Å²) in [6.45, 7) is 0.722. The first-order valence-electron chi connectivity index (χ1n) is 7.91. The van der Waals surface area contributed by atoms with Gasteiger partial charge in [0.2, 0.25) is 5.91 Å². The van der Waals surface area contributed by atoms with Crippen molar-refractivity contribution < 1.29 is 14.0 Å². The summed E-state index contributed by atoms with van der Waals surface area (Å²) < 4.78 is 5.57. The fraction of sp³-hybridized carbons (Fsp3) is 0.158. The second-order valence-electron chi connectivity index (χ2n) is 5.80. The number of para-hydroxylation sites is 1. The van der Waals surface area contributed by atoms with Gasteiger partial charge in [-0.25, -0.2) is 0 Å². The molecule has 5 nitrogen and oxygen atoms in total. The van der Waals surface area contributed by atoms with Crippen LogP contribution in [0.1, 0.15) is 23.4 Å². The maximum absolute atomic E-state index is 12.4. The van der Waals surface area contributed by atoms with Crippen LogP contribution in [0.2, 0.25) is 0 Å². The monoisotopic (exact) mass is 320 g/mol. The first-order valence-corrected chi connectivity index (χ1v) is 7.91. The molecule has 1 N–H and O–H groups in total. The quantitative estimate of drug-likeness (QED) is 0.798. The maximum atomic E-state index is 12.4. The van der Waals surface area contributed by atoms with Crippen molar-refractivity contribution in [3.63, 3.8) is 0 Å². The van der Waals surface area contributed by atoms with E-state index < -0.39 is 0 Å². The third kappa shape index (κ3) is 2.65. The number of amides is 2. The van der Waals surface area contributed by atoms with Gasteiger partial charge in [0.15, 0.2) is 5.76 Å². The molecular weight excluding hydrogens is 304 g/mol. The van der Waals surface area contributed by atoms with E-state index in [0.717, 1.165) is 24.0 Å². The smallest absolute Gasteiger partial charge is 0.291 e. The van der Waals surface area contributed by atoms with Crippen LogP contribution in [0.3, 0.4) is 0 Å². The Bertz CT molecular complexity index is 896. The van der Waals surface area contributed by atoms with Gasteiger partial charge in [-0.3, -0.25) is 9.59 Å². The highest BCUT2D eigenvalue weighted by atomic mass is 16.3. The normalized spacial score (nSPS) is 14.3. The first kappa shape index (κ1) is 14.5. The van der Waals surface area contributed by atoms with Gasteiger partial charge in [-0.05, 0) is 36.8 Å². The third-order valence-electron chi connectivity index (χ3n) is 4.14. The molecule has 0 spiro atoms. The van der Waals surface area contributed by atoms with Crippen molar-refractivity contribution in [2.75, 3.05) is 16.8 Å². The lowest BCUT2D eigenvalue weighted by Crippen LogP contribution is -2.23. The zero-order valence-electron chi connectivity index (χ0n) is 13.0. The molecule has 0 saturated carbocycles. The molecule has 0 aliphatic carbocycles. The average Bonchev–Trinajstić information content (AvgIpc) is 3.21. The molecule has 1 fully saturated rings. The van der Waals surface area contributed by atoms with Crippen molar-refractivity contribution in [2.45, 2.75) is 12.8 Å². The van der Waals surface area contributed by atoms with Gasteiger partial charge in [-0.1, -0.05) is 24.3 Å². The van der Waals surface area contributed by atoms with Crippen molar-refractivity contribution in [3.8, 4) is 0 Å². The van der Waals surface area contributed by atoms with Crippen molar-refractivity contribution in [1.29, 1.82) is 0 Å². The molecule has 1 saturated heterocycles. The largest absolute Gasteiger partial charge is 0.451 e. The summed E-state index contributed by atoms with van der Waals surface area (Å²) in [5.41, 5.74) is 2.12. The van der Waals surface area contributed by atoms with Crippen LogP contribution in [0, 0.1) is 0 Å². The van der Waals surface area contributed by atoms with Gasteiger partial charge in [0, 0.05) is 29.7 Å².